The third kappa shape index (κ3) is 5.20. The summed E-state index contributed by atoms with van der Waals surface area (Å²) >= 11 is 0. The Morgan fingerprint density at radius 3 is 2.45 bits per heavy atom. The van der Waals surface area contributed by atoms with Crippen LogP contribution in [-0.4, -0.2) is 64.2 Å². The topological polar surface area (TPSA) is 87.2 Å². The van der Waals surface area contributed by atoms with Gasteiger partial charge in [0.2, 0.25) is 5.91 Å². The Kier molecular flexibility index (Phi) is 6.20. The average Bonchev–Trinajstić information content (AvgIpc) is 2.37. The molecule has 1 aliphatic rings. The van der Waals surface area contributed by atoms with Gasteiger partial charge in [0.15, 0.2) is 0 Å². The lowest BCUT2D eigenvalue weighted by atomic mass is 10.0. The first-order chi connectivity index (χ1) is 10.2. The highest BCUT2D eigenvalue weighted by molar-refractivity contribution is 5.89. The third-order valence-electron chi connectivity index (χ3n) is 3.37. The van der Waals surface area contributed by atoms with Gasteiger partial charge in [0.05, 0.1) is 0 Å². The van der Waals surface area contributed by atoms with E-state index in [0.717, 1.165) is 12.8 Å². The smallest absolute Gasteiger partial charge is 0.411 e. The van der Waals surface area contributed by atoms with E-state index < -0.39 is 23.7 Å². The lowest BCUT2D eigenvalue weighted by Gasteiger charge is -2.40. The minimum Gasteiger partial charge on any atom is -0.480 e. The number of hydrogen-bond acceptors (Lipinski definition) is 4. The molecule has 1 atom stereocenters. The summed E-state index contributed by atoms with van der Waals surface area (Å²) in [4.78, 5) is 38.3. The molecule has 1 fully saturated rings. The molecule has 0 saturated carbocycles. The number of rotatable bonds is 5. The number of carbonyl (C=O) groups excluding carboxylic acids is 2. The number of hydrogen-bond donors (Lipinski definition) is 1. The van der Waals surface area contributed by atoms with Crippen molar-refractivity contribution in [3.63, 3.8) is 0 Å². The Hall–Kier alpha value is -1.79. The summed E-state index contributed by atoms with van der Waals surface area (Å²) in [6.07, 6.45) is 1.68. The van der Waals surface area contributed by atoms with Crippen LogP contribution in [0, 0.1) is 0 Å². The van der Waals surface area contributed by atoms with Gasteiger partial charge in [-0.15, -0.1) is 0 Å². The summed E-state index contributed by atoms with van der Waals surface area (Å²) in [6.45, 7) is 7.50. The van der Waals surface area contributed by atoms with Crippen LogP contribution in [0.15, 0.2) is 0 Å². The fraction of sp³-hybridized carbons (Fsp3) is 0.800. The van der Waals surface area contributed by atoms with Crippen LogP contribution in [-0.2, 0) is 14.3 Å². The molecule has 1 saturated heterocycles. The van der Waals surface area contributed by atoms with Crippen molar-refractivity contribution in [3.8, 4) is 0 Å². The number of aliphatic carboxylic acids is 1. The maximum absolute atomic E-state index is 12.5. The van der Waals surface area contributed by atoms with Gasteiger partial charge < -0.3 is 14.7 Å². The Morgan fingerprint density at radius 2 is 1.95 bits per heavy atom. The molecule has 0 aromatic carbocycles. The maximum Gasteiger partial charge on any atom is 0.411 e. The van der Waals surface area contributed by atoms with Gasteiger partial charge >= 0.3 is 12.1 Å². The molecule has 7 heteroatoms. The Bertz CT molecular complexity index is 430. The second-order valence-corrected chi connectivity index (χ2v) is 6.49. The zero-order chi connectivity index (χ0) is 16.9. The van der Waals surface area contributed by atoms with Crippen LogP contribution in [0.2, 0.25) is 0 Å². The Balaban J connectivity index is 2.85. The molecule has 0 aromatic rings. The Morgan fingerprint density at radius 1 is 1.32 bits per heavy atom. The molecule has 1 heterocycles. The summed E-state index contributed by atoms with van der Waals surface area (Å²) in [5.74, 6) is -1.36. The molecule has 7 nitrogen and oxygen atoms in total. The largest absolute Gasteiger partial charge is 0.480 e. The number of unbranched alkanes of at least 4 members (excludes halogenated alkanes) is 1. The Labute approximate surface area is 131 Å². The van der Waals surface area contributed by atoms with Gasteiger partial charge in [-0.3, -0.25) is 14.5 Å². The lowest BCUT2D eigenvalue weighted by molar-refractivity contribution is -0.150. The SMILES string of the molecule is CCCC[C@@H]1C(=O)N(CC(=O)O)CCN1C(=O)OC(C)(C)C. The molecule has 0 aromatic heterocycles. The average molecular weight is 314 g/mol. The second kappa shape index (κ2) is 7.47. The first-order valence-electron chi connectivity index (χ1n) is 7.66. The molecule has 0 radical (unpaired) electrons. The van der Waals surface area contributed by atoms with Gasteiger partial charge in [-0.2, -0.15) is 0 Å². The number of carboxylic acid groups (broad SMARTS) is 1. The van der Waals surface area contributed by atoms with Gasteiger partial charge in [-0.05, 0) is 27.2 Å². The van der Waals surface area contributed by atoms with Crippen molar-refractivity contribution in [2.75, 3.05) is 19.6 Å². The van der Waals surface area contributed by atoms with Gasteiger partial charge in [-0.1, -0.05) is 19.8 Å². The van der Waals surface area contributed by atoms with E-state index in [4.69, 9.17) is 9.84 Å². The van der Waals surface area contributed by atoms with Crippen LogP contribution in [0.4, 0.5) is 4.79 Å². The van der Waals surface area contributed by atoms with Gasteiger partial charge in [0.1, 0.15) is 18.2 Å². The van der Waals surface area contributed by atoms with Gasteiger partial charge in [-0.25, -0.2) is 4.79 Å². The van der Waals surface area contributed by atoms with E-state index in [-0.39, 0.29) is 19.0 Å². The van der Waals surface area contributed by atoms with Crippen molar-refractivity contribution in [3.05, 3.63) is 0 Å². The predicted molar refractivity (Wildman–Crippen MR) is 80.5 cm³/mol. The summed E-state index contributed by atoms with van der Waals surface area (Å²) in [6, 6.07) is -0.636. The highest BCUT2D eigenvalue weighted by Crippen LogP contribution is 2.20. The van der Waals surface area contributed by atoms with Crippen molar-refractivity contribution < 1.29 is 24.2 Å². The maximum atomic E-state index is 12.5. The van der Waals surface area contributed by atoms with E-state index in [0.29, 0.717) is 13.0 Å². The van der Waals surface area contributed by atoms with E-state index in [9.17, 15) is 14.4 Å². The highest BCUT2D eigenvalue weighted by Gasteiger charge is 2.39. The first-order valence-corrected chi connectivity index (χ1v) is 7.66. The molecule has 1 N–H and O–H groups in total. The molecule has 0 bridgehead atoms. The molecule has 1 aliphatic heterocycles. The van der Waals surface area contributed by atoms with Gasteiger partial charge in [0, 0.05) is 13.1 Å². The van der Waals surface area contributed by atoms with Crippen molar-refractivity contribution in [2.45, 2.75) is 58.6 Å². The zero-order valence-corrected chi connectivity index (χ0v) is 13.8. The normalized spacial score (nSPS) is 19.3. The van der Waals surface area contributed by atoms with E-state index in [1.807, 2.05) is 6.92 Å². The number of carboxylic acids is 1. The molecule has 2 amide bonds. The van der Waals surface area contributed by atoms with E-state index in [1.54, 1.807) is 20.8 Å². The first kappa shape index (κ1) is 18.3. The number of ether oxygens (including phenoxy) is 1. The van der Waals surface area contributed by atoms with Crippen LogP contribution in [0.25, 0.3) is 0 Å². The molecular formula is C15H26N2O5. The predicted octanol–water partition coefficient (Wildman–Crippen LogP) is 1.71. The standard InChI is InChI=1S/C15H26N2O5/c1-5-6-7-11-13(20)16(10-12(18)19)8-9-17(11)14(21)22-15(2,3)4/h11H,5-10H2,1-4H3,(H,18,19)/t11-/m1/s1. The van der Waals surface area contributed by atoms with Crippen molar-refractivity contribution in [1.29, 1.82) is 0 Å². The summed E-state index contributed by atoms with van der Waals surface area (Å²) < 4.78 is 5.35. The molecule has 0 unspecified atom stereocenters. The van der Waals surface area contributed by atoms with Crippen molar-refractivity contribution in [2.24, 2.45) is 0 Å². The van der Waals surface area contributed by atoms with E-state index in [2.05, 4.69) is 0 Å². The molecule has 22 heavy (non-hydrogen) atoms. The summed E-state index contributed by atoms with van der Waals surface area (Å²) in [5.41, 5.74) is -0.631. The molecule has 0 aliphatic carbocycles. The molecule has 0 spiro atoms. The van der Waals surface area contributed by atoms with Crippen molar-refractivity contribution >= 4 is 18.0 Å². The second-order valence-electron chi connectivity index (χ2n) is 6.49. The van der Waals surface area contributed by atoms with Crippen molar-refractivity contribution in [1.82, 2.24) is 9.80 Å². The molecule has 1 rings (SSSR count). The zero-order valence-electron chi connectivity index (χ0n) is 13.8. The van der Waals surface area contributed by atoms with Gasteiger partial charge in [0.25, 0.3) is 0 Å². The van der Waals surface area contributed by atoms with Crippen LogP contribution >= 0.6 is 0 Å². The number of piperazine rings is 1. The minimum atomic E-state index is -1.05. The van der Waals surface area contributed by atoms with Crippen LogP contribution in [0.5, 0.6) is 0 Å². The minimum absolute atomic E-state index is 0.215. The highest BCUT2D eigenvalue weighted by atomic mass is 16.6. The number of amides is 2. The third-order valence-corrected chi connectivity index (χ3v) is 3.37. The van der Waals surface area contributed by atoms with Crippen LogP contribution < -0.4 is 0 Å². The molecular weight excluding hydrogens is 288 g/mol. The fourth-order valence-electron chi connectivity index (χ4n) is 2.37. The quantitative estimate of drug-likeness (QED) is 0.834. The van der Waals surface area contributed by atoms with E-state index in [1.165, 1.54) is 9.80 Å². The van der Waals surface area contributed by atoms with Crippen LogP contribution in [0.3, 0.4) is 0 Å². The van der Waals surface area contributed by atoms with Crippen LogP contribution in [0.1, 0.15) is 47.0 Å². The van der Waals surface area contributed by atoms with E-state index >= 15 is 0 Å². The monoisotopic (exact) mass is 314 g/mol. The number of nitrogens with zero attached hydrogens (tertiary/aromatic N) is 2. The summed E-state index contributed by atoms with van der Waals surface area (Å²) in [7, 11) is 0. The molecule has 126 valence electrons. The lowest BCUT2D eigenvalue weighted by Crippen LogP contribution is -2.60. The number of carbonyl (C=O) groups is 3. The fourth-order valence-corrected chi connectivity index (χ4v) is 2.37. The summed E-state index contributed by atoms with van der Waals surface area (Å²) in [5, 5.41) is 8.87.